The number of piperidine rings is 6. The van der Waals surface area contributed by atoms with Crippen LogP contribution in [0.2, 0.25) is 0 Å². The Morgan fingerprint density at radius 2 is 1.11 bits per heavy atom. The lowest BCUT2D eigenvalue weighted by Crippen LogP contribution is -2.54. The third-order valence-electron chi connectivity index (χ3n) is 11.6. The lowest BCUT2D eigenvalue weighted by molar-refractivity contribution is -0.0445. The van der Waals surface area contributed by atoms with Crippen LogP contribution in [0.15, 0.2) is 86.2 Å². The molecular formula is C40H54N4O10S. The predicted molar refractivity (Wildman–Crippen MR) is 211 cm³/mol. The van der Waals surface area contributed by atoms with Crippen molar-refractivity contribution in [1.29, 1.82) is 0 Å². The average molecular weight is 783 g/mol. The number of methoxy groups -OCH3 is 2. The summed E-state index contributed by atoms with van der Waals surface area (Å²) < 4.78 is 42.3. The van der Waals surface area contributed by atoms with Crippen molar-refractivity contribution in [2.45, 2.75) is 50.0 Å². The molecule has 10 atom stereocenters. The molecule has 0 aliphatic carbocycles. The summed E-state index contributed by atoms with van der Waals surface area (Å²) in [6.45, 7) is 12.1. The van der Waals surface area contributed by atoms with Crippen molar-refractivity contribution < 1.29 is 48.2 Å². The van der Waals surface area contributed by atoms with E-state index in [1.165, 1.54) is 12.8 Å². The topological polar surface area (TPSA) is 229 Å². The molecule has 0 radical (unpaired) electrons. The van der Waals surface area contributed by atoms with E-state index in [4.69, 9.17) is 27.0 Å². The van der Waals surface area contributed by atoms with Crippen LogP contribution in [0, 0.1) is 23.7 Å². The summed E-state index contributed by atoms with van der Waals surface area (Å²) in [5.74, 6) is 4.01. The number of rotatable bonds is 8. The second-order valence-electron chi connectivity index (χ2n) is 14.4. The molecule has 2 aromatic heterocycles. The summed E-state index contributed by atoms with van der Waals surface area (Å²) in [6, 6.07) is 15.9. The SMILES string of the molecule is C=C[C@H]1CN2CCC1CC2[C@H](O)c1ccnc2ccc(OC)cc12.C=C[C@H]1CN2CCC1CC2[C@H](O)c1ccnc2ccc(OC)cc12.O.O.O=S(=O)(O)O. The smallest absolute Gasteiger partial charge is 0.394 e. The highest BCUT2D eigenvalue weighted by atomic mass is 32.3. The van der Waals surface area contributed by atoms with Crippen molar-refractivity contribution in [1.82, 2.24) is 19.8 Å². The lowest BCUT2D eigenvalue weighted by atomic mass is 9.73. The van der Waals surface area contributed by atoms with E-state index in [1.807, 2.05) is 48.5 Å². The fourth-order valence-corrected chi connectivity index (χ4v) is 8.89. The van der Waals surface area contributed by atoms with Crippen LogP contribution in [0.1, 0.15) is 49.0 Å². The molecule has 10 rings (SSSR count). The van der Waals surface area contributed by atoms with E-state index in [-0.39, 0.29) is 23.0 Å². The maximum Gasteiger partial charge on any atom is 0.394 e. The minimum Gasteiger partial charge on any atom is -0.497 e. The number of pyridine rings is 2. The molecule has 2 aromatic carbocycles. The minimum atomic E-state index is -4.67. The third-order valence-corrected chi connectivity index (χ3v) is 11.6. The molecule has 6 saturated heterocycles. The summed E-state index contributed by atoms with van der Waals surface area (Å²) in [4.78, 5) is 13.7. The van der Waals surface area contributed by atoms with Crippen LogP contribution in [0.5, 0.6) is 11.5 Å². The molecule has 300 valence electrons. The highest BCUT2D eigenvalue weighted by Crippen LogP contribution is 2.43. The van der Waals surface area contributed by atoms with Crippen molar-refractivity contribution in [3.8, 4) is 11.5 Å². The van der Waals surface area contributed by atoms with Gasteiger partial charge in [0.05, 0.1) is 37.5 Å². The van der Waals surface area contributed by atoms with Crippen LogP contribution in [-0.2, 0) is 10.4 Å². The maximum atomic E-state index is 11.2. The lowest BCUT2D eigenvalue weighted by Gasteiger charge is -2.50. The number of aromatic nitrogens is 2. The van der Waals surface area contributed by atoms with E-state index in [2.05, 4.69) is 45.1 Å². The first-order valence-electron chi connectivity index (χ1n) is 18.1. The van der Waals surface area contributed by atoms with Gasteiger partial charge in [0.1, 0.15) is 11.5 Å². The quantitative estimate of drug-likeness (QED) is 0.147. The van der Waals surface area contributed by atoms with Gasteiger partial charge in [0.15, 0.2) is 0 Å². The number of aliphatic hydroxyl groups is 2. The zero-order valence-corrected chi connectivity index (χ0v) is 32.1. The summed E-state index contributed by atoms with van der Waals surface area (Å²) in [7, 11) is -1.34. The second kappa shape index (κ2) is 18.7. The summed E-state index contributed by atoms with van der Waals surface area (Å²) in [6.07, 6.45) is 11.2. The Morgan fingerprint density at radius 1 is 0.727 bits per heavy atom. The van der Waals surface area contributed by atoms with Crippen LogP contribution in [0.25, 0.3) is 21.8 Å². The Hall–Kier alpha value is -4.03. The molecule has 0 spiro atoms. The van der Waals surface area contributed by atoms with E-state index in [0.717, 1.165) is 83.5 Å². The Morgan fingerprint density at radius 3 is 1.42 bits per heavy atom. The Bertz CT molecular complexity index is 1900. The van der Waals surface area contributed by atoms with Gasteiger partial charge in [0.2, 0.25) is 0 Å². The molecule has 0 amide bonds. The number of nitrogens with zero attached hydrogens (tertiary/aromatic N) is 4. The van der Waals surface area contributed by atoms with Crippen LogP contribution < -0.4 is 9.47 Å². The standard InChI is InChI=1S/2C20H24N2O2.H2O4S.2H2O/c2*1-3-13-12-22-9-7-14(13)10-19(22)20(23)16-6-8-21-18-5-4-15(24-2)11-17(16)18;1-5(2,3)4;;/h2*3-6,8,11,13-14,19-20,23H,1,7,9-10,12H2,2H3;(H2,1,2,3,4);2*1H2/t2*13-,14?,19?,20+;;;/m00.../s1. The number of hydrogen-bond donors (Lipinski definition) is 4. The van der Waals surface area contributed by atoms with Gasteiger partial charge < -0.3 is 30.6 Å². The van der Waals surface area contributed by atoms with Gasteiger partial charge in [0, 0.05) is 48.3 Å². The minimum absolute atomic E-state index is 0. The molecule has 6 fully saturated rings. The number of benzene rings is 2. The molecule has 6 aliphatic rings. The fourth-order valence-electron chi connectivity index (χ4n) is 8.89. The van der Waals surface area contributed by atoms with Gasteiger partial charge in [-0.05, 0) is 122 Å². The van der Waals surface area contributed by atoms with E-state index in [9.17, 15) is 10.2 Å². The normalized spacial score (nSPS) is 27.5. The molecule has 6 aliphatic heterocycles. The van der Waals surface area contributed by atoms with Gasteiger partial charge in [-0.1, -0.05) is 12.2 Å². The average Bonchev–Trinajstić information content (AvgIpc) is 3.19. The van der Waals surface area contributed by atoms with Crippen molar-refractivity contribution in [2.75, 3.05) is 40.4 Å². The van der Waals surface area contributed by atoms with Gasteiger partial charge in [0.25, 0.3) is 0 Å². The van der Waals surface area contributed by atoms with E-state index >= 15 is 0 Å². The van der Waals surface area contributed by atoms with Crippen LogP contribution in [0.3, 0.4) is 0 Å². The van der Waals surface area contributed by atoms with E-state index < -0.39 is 22.6 Å². The predicted octanol–water partition coefficient (Wildman–Crippen LogP) is 4.04. The molecular weight excluding hydrogens is 729 g/mol. The maximum absolute atomic E-state index is 11.2. The number of aliphatic hydroxyl groups excluding tert-OH is 2. The Kier molecular flexibility index (Phi) is 14.9. The van der Waals surface area contributed by atoms with Crippen molar-refractivity contribution in [3.63, 3.8) is 0 Å². The first-order valence-corrected chi connectivity index (χ1v) is 19.5. The fraction of sp³-hybridized carbons (Fsp3) is 0.450. The number of ether oxygens (including phenoxy) is 2. The summed E-state index contributed by atoms with van der Waals surface area (Å²) >= 11 is 0. The van der Waals surface area contributed by atoms with Crippen LogP contribution >= 0.6 is 0 Å². The monoisotopic (exact) mass is 782 g/mol. The van der Waals surface area contributed by atoms with Crippen LogP contribution in [0.4, 0.5) is 0 Å². The molecule has 15 heteroatoms. The van der Waals surface area contributed by atoms with E-state index in [1.54, 1.807) is 26.6 Å². The first kappa shape index (κ1) is 43.7. The zero-order chi connectivity index (χ0) is 37.9. The Labute approximate surface area is 322 Å². The second-order valence-corrected chi connectivity index (χ2v) is 15.3. The molecule has 4 bridgehead atoms. The van der Waals surface area contributed by atoms with Gasteiger partial charge in [-0.15, -0.1) is 13.2 Å². The van der Waals surface area contributed by atoms with E-state index in [0.29, 0.717) is 23.7 Å². The summed E-state index contributed by atoms with van der Waals surface area (Å²) in [5.41, 5.74) is 3.69. The molecule has 55 heavy (non-hydrogen) atoms. The van der Waals surface area contributed by atoms with Gasteiger partial charge in [-0.25, -0.2) is 0 Å². The van der Waals surface area contributed by atoms with Gasteiger partial charge >= 0.3 is 10.4 Å². The molecule has 8 heterocycles. The van der Waals surface area contributed by atoms with Crippen molar-refractivity contribution in [3.05, 3.63) is 97.4 Å². The van der Waals surface area contributed by atoms with Gasteiger partial charge in [-0.2, -0.15) is 8.42 Å². The molecule has 8 N–H and O–H groups in total. The number of hydrogen-bond acceptors (Lipinski definition) is 10. The molecule has 6 unspecified atom stereocenters. The van der Waals surface area contributed by atoms with Crippen LogP contribution in [-0.4, -0.2) is 111 Å². The van der Waals surface area contributed by atoms with Crippen molar-refractivity contribution in [2.24, 2.45) is 23.7 Å². The first-order chi connectivity index (χ1) is 25.4. The summed E-state index contributed by atoms with van der Waals surface area (Å²) in [5, 5.41) is 24.3. The molecule has 14 nitrogen and oxygen atoms in total. The van der Waals surface area contributed by atoms with Crippen molar-refractivity contribution >= 4 is 32.2 Å². The molecule has 0 saturated carbocycles. The number of fused-ring (bicyclic) bond motifs is 8. The van der Waals surface area contributed by atoms with Gasteiger partial charge in [-0.3, -0.25) is 28.9 Å². The third kappa shape index (κ3) is 9.86. The molecule has 4 aromatic rings. The highest BCUT2D eigenvalue weighted by Gasteiger charge is 2.43. The zero-order valence-electron chi connectivity index (χ0n) is 31.2. The Balaban J connectivity index is 0.000000211. The largest absolute Gasteiger partial charge is 0.497 e. The highest BCUT2D eigenvalue weighted by molar-refractivity contribution is 7.79.